The third kappa shape index (κ3) is 3.23. The van der Waals surface area contributed by atoms with Crippen LogP contribution in [0.15, 0.2) is 42.3 Å². The molecule has 0 fully saturated rings. The molecule has 8 heteroatoms. The van der Waals surface area contributed by atoms with Crippen molar-refractivity contribution in [3.63, 3.8) is 0 Å². The summed E-state index contributed by atoms with van der Waals surface area (Å²) in [6, 6.07) is 6.99. The molecule has 3 rings (SSSR count). The van der Waals surface area contributed by atoms with E-state index < -0.39 is 42.8 Å². The summed E-state index contributed by atoms with van der Waals surface area (Å²) in [5, 5.41) is 43.7. The molecule has 0 spiro atoms. The molecule has 2 heterocycles. The minimum atomic E-state index is -1.43. The Labute approximate surface area is 143 Å². The van der Waals surface area contributed by atoms with Crippen LogP contribution in [0.1, 0.15) is 13.0 Å². The summed E-state index contributed by atoms with van der Waals surface area (Å²) in [5.74, 6) is -1.99. The minimum Gasteiger partial charge on any atom is -0.480 e. The van der Waals surface area contributed by atoms with Crippen molar-refractivity contribution in [2.45, 2.75) is 31.3 Å². The average molecular weight is 348 g/mol. The summed E-state index contributed by atoms with van der Waals surface area (Å²) in [7, 11) is 0. The molecule has 0 radical (unpaired) electrons. The Bertz CT molecular complexity index is 768. The molecule has 1 aromatic carbocycles. The number of aliphatic carboxylic acids is 1. The summed E-state index contributed by atoms with van der Waals surface area (Å²) in [5.41, 5.74) is 0.763. The number of carbonyl (C=O) groups is 1. The number of carboxylic acids is 1. The highest BCUT2D eigenvalue weighted by Crippen LogP contribution is 2.34. The van der Waals surface area contributed by atoms with Gasteiger partial charge in [-0.15, -0.1) is 0 Å². The quantitative estimate of drug-likeness (QED) is 0.612. The smallest absolute Gasteiger partial charge is 0.370 e. The Balaban J connectivity index is 2.00. The molecule has 0 aliphatic carbocycles. The van der Waals surface area contributed by atoms with Crippen molar-refractivity contribution in [1.29, 1.82) is 0 Å². The van der Waals surface area contributed by atoms with Gasteiger partial charge >= 0.3 is 5.97 Å². The fourth-order valence-electron chi connectivity index (χ4n) is 3.08. The Morgan fingerprint density at radius 2 is 2.08 bits per heavy atom. The van der Waals surface area contributed by atoms with E-state index in [1.807, 2.05) is 24.3 Å². The third-order valence-electron chi connectivity index (χ3n) is 4.51. The van der Waals surface area contributed by atoms with Gasteiger partial charge < -0.3 is 25.2 Å². The molecule has 1 aliphatic heterocycles. The number of nitrogens with zero attached hydrogens (tertiary/aromatic N) is 2. The number of aliphatic hydroxyl groups is 3. The second-order valence-corrected chi connectivity index (χ2v) is 6.18. The van der Waals surface area contributed by atoms with Gasteiger partial charge in [0.05, 0.1) is 18.2 Å². The van der Waals surface area contributed by atoms with Gasteiger partial charge in [-0.3, -0.25) is 4.68 Å². The van der Waals surface area contributed by atoms with Crippen LogP contribution in [0.25, 0.3) is 10.9 Å². The summed E-state index contributed by atoms with van der Waals surface area (Å²) in [6.07, 6.45) is -0.638. The monoisotopic (exact) mass is 348 g/mol. The van der Waals surface area contributed by atoms with Crippen molar-refractivity contribution in [1.82, 2.24) is 9.78 Å². The number of rotatable bonds is 5. The zero-order chi connectivity index (χ0) is 18.1. The van der Waals surface area contributed by atoms with Crippen LogP contribution in [0.5, 0.6) is 0 Å². The van der Waals surface area contributed by atoms with Gasteiger partial charge in [-0.05, 0) is 12.1 Å². The molecule has 2 aromatic rings. The van der Waals surface area contributed by atoms with Gasteiger partial charge in [-0.1, -0.05) is 25.1 Å². The van der Waals surface area contributed by atoms with Crippen LogP contribution in [-0.4, -0.2) is 61.1 Å². The second-order valence-electron chi connectivity index (χ2n) is 6.18. The van der Waals surface area contributed by atoms with E-state index in [-0.39, 0.29) is 5.76 Å². The predicted octanol–water partition coefficient (Wildman–Crippen LogP) is 0.295. The summed E-state index contributed by atoms with van der Waals surface area (Å²) >= 11 is 0. The van der Waals surface area contributed by atoms with E-state index >= 15 is 0 Å². The first-order valence-electron chi connectivity index (χ1n) is 7.95. The molecule has 5 atom stereocenters. The van der Waals surface area contributed by atoms with Gasteiger partial charge in [0.25, 0.3) is 0 Å². The molecule has 8 nitrogen and oxygen atoms in total. The molecule has 0 saturated heterocycles. The van der Waals surface area contributed by atoms with E-state index in [9.17, 15) is 20.1 Å². The average Bonchev–Trinajstić information content (AvgIpc) is 3.04. The lowest BCUT2D eigenvalue weighted by atomic mass is 9.87. The van der Waals surface area contributed by atoms with E-state index in [0.29, 0.717) is 0 Å². The van der Waals surface area contributed by atoms with Crippen molar-refractivity contribution < 1.29 is 30.0 Å². The first kappa shape index (κ1) is 17.4. The summed E-state index contributed by atoms with van der Waals surface area (Å²) in [6.45, 7) is 1.11. The van der Waals surface area contributed by atoms with Crippen LogP contribution in [0, 0.1) is 5.92 Å². The molecule has 1 aliphatic rings. The van der Waals surface area contributed by atoms with Crippen molar-refractivity contribution >= 4 is 16.9 Å². The number of aliphatic hydroxyl groups excluding tert-OH is 3. The Morgan fingerprint density at radius 3 is 2.72 bits per heavy atom. The third-order valence-corrected chi connectivity index (χ3v) is 4.51. The van der Waals surface area contributed by atoms with E-state index in [0.717, 1.165) is 10.9 Å². The first-order chi connectivity index (χ1) is 11.9. The van der Waals surface area contributed by atoms with Crippen LogP contribution in [0.4, 0.5) is 0 Å². The molecule has 0 saturated carbocycles. The normalized spacial score (nSPS) is 25.9. The number of benzene rings is 1. The highest BCUT2D eigenvalue weighted by molar-refractivity contribution is 5.84. The molecular weight excluding hydrogens is 328 g/mol. The SMILES string of the molecule is C[C@H]1[C@H]([C@H](O)[C@H](O)CO)OC(C(=O)O)=C[C@@H]1n1cc2ccccc2n1. The van der Waals surface area contributed by atoms with Gasteiger partial charge in [0.2, 0.25) is 5.76 Å². The Hall–Kier alpha value is -2.42. The number of hydrogen-bond acceptors (Lipinski definition) is 6. The van der Waals surface area contributed by atoms with Crippen molar-refractivity contribution in [2.24, 2.45) is 5.92 Å². The number of hydrogen-bond donors (Lipinski definition) is 4. The number of aromatic nitrogens is 2. The zero-order valence-electron chi connectivity index (χ0n) is 13.6. The number of fused-ring (bicyclic) bond motifs is 1. The van der Waals surface area contributed by atoms with Crippen LogP contribution in [-0.2, 0) is 9.53 Å². The lowest BCUT2D eigenvalue weighted by Gasteiger charge is -2.38. The highest BCUT2D eigenvalue weighted by Gasteiger charge is 2.41. The van der Waals surface area contributed by atoms with Gasteiger partial charge in [-0.25, -0.2) is 4.79 Å². The lowest BCUT2D eigenvalue weighted by Crippen LogP contribution is -2.48. The van der Waals surface area contributed by atoms with E-state index in [2.05, 4.69) is 5.10 Å². The largest absolute Gasteiger partial charge is 0.480 e. The number of carboxylic acid groups (broad SMARTS) is 1. The van der Waals surface area contributed by atoms with Gasteiger partial charge in [0, 0.05) is 17.5 Å². The second kappa shape index (κ2) is 6.83. The fraction of sp³-hybridized carbons (Fsp3) is 0.412. The molecule has 4 N–H and O–H groups in total. The molecule has 1 aromatic heterocycles. The van der Waals surface area contributed by atoms with Gasteiger partial charge in [0.15, 0.2) is 0 Å². The summed E-state index contributed by atoms with van der Waals surface area (Å²) < 4.78 is 7.00. The van der Waals surface area contributed by atoms with Crippen LogP contribution in [0.3, 0.4) is 0 Å². The highest BCUT2D eigenvalue weighted by atomic mass is 16.5. The first-order valence-corrected chi connectivity index (χ1v) is 7.95. The van der Waals surface area contributed by atoms with E-state index in [4.69, 9.17) is 9.84 Å². The zero-order valence-corrected chi connectivity index (χ0v) is 13.6. The maximum absolute atomic E-state index is 11.4. The van der Waals surface area contributed by atoms with Gasteiger partial charge in [0.1, 0.15) is 18.3 Å². The van der Waals surface area contributed by atoms with Gasteiger partial charge in [-0.2, -0.15) is 5.10 Å². The Morgan fingerprint density at radius 1 is 1.36 bits per heavy atom. The molecule has 0 unspecified atom stereocenters. The topological polar surface area (TPSA) is 125 Å². The van der Waals surface area contributed by atoms with Crippen molar-refractivity contribution in [3.8, 4) is 0 Å². The molecular formula is C17H20N2O6. The minimum absolute atomic E-state index is 0.322. The Kier molecular flexibility index (Phi) is 4.76. The molecule has 134 valence electrons. The summed E-state index contributed by atoms with van der Waals surface area (Å²) in [4.78, 5) is 11.4. The maximum atomic E-state index is 11.4. The molecule has 0 bridgehead atoms. The molecule has 0 amide bonds. The standard InChI is InChI=1S/C17H20N2O6/c1-9-12(19-7-10-4-2-3-5-11(10)18-19)6-14(17(23)24)25-16(9)15(22)13(21)8-20/h2-7,9,12-13,15-16,20-22H,8H2,1H3,(H,23,24)/t9-,12+,13-,15-,16-/m1/s1. The molecule has 25 heavy (non-hydrogen) atoms. The van der Waals surface area contributed by atoms with Crippen LogP contribution < -0.4 is 0 Å². The van der Waals surface area contributed by atoms with Crippen LogP contribution in [0.2, 0.25) is 0 Å². The van der Waals surface area contributed by atoms with Crippen LogP contribution >= 0.6 is 0 Å². The van der Waals surface area contributed by atoms with Crippen molar-refractivity contribution in [2.75, 3.05) is 6.61 Å². The van der Waals surface area contributed by atoms with Crippen molar-refractivity contribution in [3.05, 3.63) is 42.3 Å². The predicted molar refractivity (Wildman–Crippen MR) is 87.6 cm³/mol. The number of ether oxygens (including phenoxy) is 1. The van der Waals surface area contributed by atoms with E-state index in [1.165, 1.54) is 6.08 Å². The fourth-order valence-corrected chi connectivity index (χ4v) is 3.08. The maximum Gasteiger partial charge on any atom is 0.370 e. The number of allylic oxidation sites excluding steroid dienone is 1. The lowest BCUT2D eigenvalue weighted by molar-refractivity contribution is -0.148. The van der Waals surface area contributed by atoms with E-state index in [1.54, 1.807) is 17.8 Å².